The molecule has 1 aliphatic carbocycles. The van der Waals surface area contributed by atoms with E-state index in [0.29, 0.717) is 6.04 Å². The van der Waals surface area contributed by atoms with Gasteiger partial charge in [0.25, 0.3) is 0 Å². The summed E-state index contributed by atoms with van der Waals surface area (Å²) in [4.78, 5) is 2.49. The summed E-state index contributed by atoms with van der Waals surface area (Å²) in [7, 11) is 2.24. The molecule has 1 fully saturated rings. The molecule has 1 rings (SSSR count). The number of rotatable bonds is 2. The first-order valence-electron chi connectivity index (χ1n) is 4.35. The van der Waals surface area contributed by atoms with E-state index in [0.717, 1.165) is 12.0 Å². The Labute approximate surface area is 64.4 Å². The molecule has 0 amide bonds. The lowest BCUT2D eigenvalue weighted by Crippen LogP contribution is -2.46. The van der Waals surface area contributed by atoms with Crippen LogP contribution in [-0.2, 0) is 0 Å². The van der Waals surface area contributed by atoms with Crippen LogP contribution in [-0.4, -0.2) is 24.0 Å². The standard InChI is InChI=1S/C9H19N/c1-7(2)10(4)9-6-5-8(9)3/h7-9H,5-6H2,1-4H3/t8-,9-/m1/s1. The van der Waals surface area contributed by atoms with Crippen molar-refractivity contribution in [3.63, 3.8) is 0 Å². The summed E-state index contributed by atoms with van der Waals surface area (Å²) in [5.74, 6) is 0.937. The Morgan fingerprint density at radius 3 is 2.00 bits per heavy atom. The highest BCUT2D eigenvalue weighted by atomic mass is 15.2. The van der Waals surface area contributed by atoms with Crippen molar-refractivity contribution in [3.8, 4) is 0 Å². The first-order chi connectivity index (χ1) is 4.63. The van der Waals surface area contributed by atoms with Gasteiger partial charge in [-0.3, -0.25) is 0 Å². The fraction of sp³-hybridized carbons (Fsp3) is 1.00. The monoisotopic (exact) mass is 141 g/mol. The molecule has 1 heteroatoms. The van der Waals surface area contributed by atoms with E-state index in [9.17, 15) is 0 Å². The highest BCUT2D eigenvalue weighted by Crippen LogP contribution is 2.31. The fourth-order valence-electron chi connectivity index (χ4n) is 1.64. The molecule has 0 unspecified atom stereocenters. The predicted molar refractivity (Wildman–Crippen MR) is 45.1 cm³/mol. The van der Waals surface area contributed by atoms with Gasteiger partial charge in [-0.15, -0.1) is 0 Å². The summed E-state index contributed by atoms with van der Waals surface area (Å²) in [6.07, 6.45) is 2.84. The number of hydrogen-bond donors (Lipinski definition) is 0. The third kappa shape index (κ3) is 1.34. The Hall–Kier alpha value is -0.0400. The van der Waals surface area contributed by atoms with Crippen LogP contribution < -0.4 is 0 Å². The minimum Gasteiger partial charge on any atom is -0.301 e. The third-order valence-electron chi connectivity index (χ3n) is 2.91. The predicted octanol–water partition coefficient (Wildman–Crippen LogP) is 2.13. The first kappa shape index (κ1) is 8.06. The summed E-state index contributed by atoms with van der Waals surface area (Å²) in [6, 6.07) is 1.59. The third-order valence-corrected chi connectivity index (χ3v) is 2.91. The summed E-state index contributed by atoms with van der Waals surface area (Å²) >= 11 is 0. The molecule has 0 heterocycles. The van der Waals surface area contributed by atoms with Crippen molar-refractivity contribution >= 4 is 0 Å². The van der Waals surface area contributed by atoms with Crippen LogP contribution >= 0.6 is 0 Å². The Morgan fingerprint density at radius 2 is 1.90 bits per heavy atom. The van der Waals surface area contributed by atoms with Gasteiger partial charge in [-0.05, 0) is 39.7 Å². The van der Waals surface area contributed by atoms with Gasteiger partial charge < -0.3 is 4.90 Å². The van der Waals surface area contributed by atoms with Crippen LogP contribution in [0.4, 0.5) is 0 Å². The van der Waals surface area contributed by atoms with Gasteiger partial charge in [-0.25, -0.2) is 0 Å². The van der Waals surface area contributed by atoms with Gasteiger partial charge in [0.15, 0.2) is 0 Å². The summed E-state index contributed by atoms with van der Waals surface area (Å²) in [6.45, 7) is 6.89. The topological polar surface area (TPSA) is 3.24 Å². The van der Waals surface area contributed by atoms with Crippen molar-refractivity contribution in [3.05, 3.63) is 0 Å². The molecule has 1 nitrogen and oxygen atoms in total. The average Bonchev–Trinajstić information content (AvgIpc) is 1.84. The average molecular weight is 141 g/mol. The lowest BCUT2D eigenvalue weighted by molar-refractivity contribution is 0.0713. The quantitative estimate of drug-likeness (QED) is 0.569. The van der Waals surface area contributed by atoms with Crippen molar-refractivity contribution in [2.24, 2.45) is 5.92 Å². The minimum absolute atomic E-state index is 0.716. The van der Waals surface area contributed by atoms with Gasteiger partial charge in [-0.1, -0.05) is 6.92 Å². The van der Waals surface area contributed by atoms with Crippen LogP contribution in [0.25, 0.3) is 0 Å². The van der Waals surface area contributed by atoms with Crippen molar-refractivity contribution in [2.75, 3.05) is 7.05 Å². The van der Waals surface area contributed by atoms with Crippen LogP contribution in [0, 0.1) is 5.92 Å². The van der Waals surface area contributed by atoms with E-state index in [1.54, 1.807) is 0 Å². The minimum atomic E-state index is 0.716. The van der Waals surface area contributed by atoms with Crippen LogP contribution in [0.1, 0.15) is 33.6 Å². The summed E-state index contributed by atoms with van der Waals surface area (Å²) < 4.78 is 0. The van der Waals surface area contributed by atoms with E-state index in [2.05, 4.69) is 32.7 Å². The Morgan fingerprint density at radius 1 is 1.30 bits per heavy atom. The van der Waals surface area contributed by atoms with Crippen molar-refractivity contribution in [2.45, 2.75) is 45.7 Å². The van der Waals surface area contributed by atoms with Crippen LogP contribution in [0.15, 0.2) is 0 Å². The molecule has 0 radical (unpaired) electrons. The van der Waals surface area contributed by atoms with Gasteiger partial charge >= 0.3 is 0 Å². The van der Waals surface area contributed by atoms with Crippen molar-refractivity contribution in [1.29, 1.82) is 0 Å². The van der Waals surface area contributed by atoms with Crippen LogP contribution in [0.2, 0.25) is 0 Å². The molecule has 60 valence electrons. The molecule has 0 saturated heterocycles. The van der Waals surface area contributed by atoms with E-state index in [4.69, 9.17) is 0 Å². The molecule has 0 spiro atoms. The maximum Gasteiger partial charge on any atom is 0.0121 e. The number of hydrogen-bond acceptors (Lipinski definition) is 1. The Balaban J connectivity index is 2.34. The molecular formula is C9H19N. The highest BCUT2D eigenvalue weighted by molar-refractivity contribution is 4.85. The second-order valence-corrected chi connectivity index (χ2v) is 3.88. The van der Waals surface area contributed by atoms with Gasteiger partial charge in [0.05, 0.1) is 0 Å². The van der Waals surface area contributed by atoms with E-state index in [1.165, 1.54) is 12.8 Å². The highest BCUT2D eigenvalue weighted by Gasteiger charge is 2.30. The molecule has 1 saturated carbocycles. The molecule has 0 aromatic carbocycles. The molecule has 2 atom stereocenters. The summed E-state index contributed by atoms with van der Waals surface area (Å²) in [5.41, 5.74) is 0. The zero-order chi connectivity index (χ0) is 7.72. The van der Waals surface area contributed by atoms with Crippen LogP contribution in [0.5, 0.6) is 0 Å². The van der Waals surface area contributed by atoms with Crippen molar-refractivity contribution in [1.82, 2.24) is 4.90 Å². The molecule has 1 aliphatic rings. The molecule has 10 heavy (non-hydrogen) atoms. The molecule has 0 N–H and O–H groups in total. The lowest BCUT2D eigenvalue weighted by Gasteiger charge is -2.42. The zero-order valence-corrected chi connectivity index (χ0v) is 7.59. The maximum absolute atomic E-state index is 2.49. The molecular weight excluding hydrogens is 122 g/mol. The maximum atomic E-state index is 2.49. The van der Waals surface area contributed by atoms with Crippen LogP contribution in [0.3, 0.4) is 0 Å². The van der Waals surface area contributed by atoms with E-state index in [-0.39, 0.29) is 0 Å². The van der Waals surface area contributed by atoms with E-state index < -0.39 is 0 Å². The second-order valence-electron chi connectivity index (χ2n) is 3.88. The smallest absolute Gasteiger partial charge is 0.0121 e. The second kappa shape index (κ2) is 2.91. The fourth-order valence-corrected chi connectivity index (χ4v) is 1.64. The molecule has 0 bridgehead atoms. The lowest BCUT2D eigenvalue weighted by atomic mass is 9.80. The zero-order valence-electron chi connectivity index (χ0n) is 7.59. The van der Waals surface area contributed by atoms with E-state index >= 15 is 0 Å². The van der Waals surface area contributed by atoms with Crippen molar-refractivity contribution < 1.29 is 0 Å². The molecule has 0 aromatic rings. The Kier molecular flexibility index (Phi) is 2.35. The van der Waals surface area contributed by atoms with E-state index in [1.807, 2.05) is 0 Å². The SMILES string of the molecule is CC(C)N(C)[C@@H]1CC[C@H]1C. The largest absolute Gasteiger partial charge is 0.301 e. The van der Waals surface area contributed by atoms with Gasteiger partial charge in [-0.2, -0.15) is 0 Å². The van der Waals surface area contributed by atoms with Gasteiger partial charge in [0.2, 0.25) is 0 Å². The molecule has 0 aliphatic heterocycles. The summed E-state index contributed by atoms with van der Waals surface area (Å²) in [5, 5.41) is 0. The molecule has 0 aromatic heterocycles. The van der Waals surface area contributed by atoms with Gasteiger partial charge in [0, 0.05) is 12.1 Å². The first-order valence-corrected chi connectivity index (χ1v) is 4.35. The normalized spacial score (nSPS) is 33.0. The number of nitrogens with zero attached hydrogens (tertiary/aromatic N) is 1. The van der Waals surface area contributed by atoms with Gasteiger partial charge in [0.1, 0.15) is 0 Å². The Bertz CT molecular complexity index is 105.